The number of H-pyrrole nitrogens is 1. The van der Waals surface area contributed by atoms with Gasteiger partial charge < -0.3 is 40.1 Å². The van der Waals surface area contributed by atoms with Crippen LogP contribution in [0.1, 0.15) is 50.3 Å². The fraction of sp³-hybridized carbons (Fsp3) is 0.700. The number of thiol groups is 1. The molecule has 1 fully saturated rings. The molecule has 1 aliphatic rings. The number of aromatic amines is 1. The van der Waals surface area contributed by atoms with Crippen molar-refractivity contribution in [2.45, 2.75) is 63.4 Å². The number of aliphatic hydroxyl groups is 1. The molecule has 0 aliphatic carbocycles. The number of phosphoric acid groups is 3. The number of aliphatic hydroxyl groups excluding tert-OH is 1. The molecule has 252 valence electrons. The van der Waals surface area contributed by atoms with Gasteiger partial charge in [-0.25, -0.2) is 18.5 Å². The van der Waals surface area contributed by atoms with Crippen molar-refractivity contribution in [1.82, 2.24) is 20.2 Å². The maximum absolute atomic E-state index is 12.4. The van der Waals surface area contributed by atoms with E-state index in [1.165, 1.54) is 0 Å². The minimum atomic E-state index is -5.75. The van der Waals surface area contributed by atoms with E-state index in [-0.39, 0.29) is 17.9 Å². The van der Waals surface area contributed by atoms with E-state index in [0.29, 0.717) is 31.7 Å². The lowest BCUT2D eigenvalue weighted by Crippen LogP contribution is -2.36. The molecule has 20 nitrogen and oxygen atoms in total. The highest BCUT2D eigenvalue weighted by Crippen LogP contribution is 2.66. The van der Waals surface area contributed by atoms with Gasteiger partial charge in [-0.1, -0.05) is 12.8 Å². The highest BCUT2D eigenvalue weighted by atomic mass is 32.1. The van der Waals surface area contributed by atoms with Gasteiger partial charge in [-0.15, -0.1) is 0 Å². The van der Waals surface area contributed by atoms with Crippen LogP contribution in [0.5, 0.6) is 0 Å². The standard InChI is InChI=1S/C20H35N4O16P3S/c25-14-10-18(38-15(14)12-37-42(33,34)40-43(35,36)39-41(30,31)32)24-11-13(19(28)23-20(24)29)9-17(27)22-7-4-2-1-3-6-21-16(26)5-8-44/h11,14-15,18,25,44H,1-10,12H2,(H,21,26)(H,22,27)(H,33,34)(H,35,36)(H,23,28,29)(H2,30,31,32)/t14-,15+,18+/m0/s1. The summed E-state index contributed by atoms with van der Waals surface area (Å²) in [6.45, 7) is -0.0786. The molecule has 2 rings (SSSR count). The maximum Gasteiger partial charge on any atom is 0.490 e. The van der Waals surface area contributed by atoms with Gasteiger partial charge in [0.25, 0.3) is 5.56 Å². The lowest BCUT2D eigenvalue weighted by molar-refractivity contribution is -0.121. The summed E-state index contributed by atoms with van der Waals surface area (Å²) in [6.07, 6.45) is -0.302. The Morgan fingerprint density at radius 1 is 1.00 bits per heavy atom. The first kappa shape index (κ1) is 38.5. The van der Waals surface area contributed by atoms with E-state index < -0.39 is 72.1 Å². The van der Waals surface area contributed by atoms with Gasteiger partial charge >= 0.3 is 29.2 Å². The third-order valence-electron chi connectivity index (χ3n) is 5.81. The second-order valence-corrected chi connectivity index (χ2v) is 14.3. The van der Waals surface area contributed by atoms with Crippen molar-refractivity contribution in [3.63, 3.8) is 0 Å². The van der Waals surface area contributed by atoms with Crippen LogP contribution in [0.25, 0.3) is 0 Å². The molecule has 1 saturated heterocycles. The van der Waals surface area contributed by atoms with Crippen LogP contribution in [0.4, 0.5) is 0 Å². The highest BCUT2D eigenvalue weighted by Gasteiger charge is 2.43. The molecule has 2 amide bonds. The van der Waals surface area contributed by atoms with Gasteiger partial charge in [-0.05, 0) is 18.6 Å². The Balaban J connectivity index is 1.87. The number of nitrogens with zero attached hydrogens (tertiary/aromatic N) is 1. The van der Waals surface area contributed by atoms with Gasteiger partial charge in [0.1, 0.15) is 12.3 Å². The first-order chi connectivity index (χ1) is 20.4. The number of rotatable bonds is 19. The second kappa shape index (κ2) is 17.3. The van der Waals surface area contributed by atoms with Gasteiger partial charge in [0, 0.05) is 37.7 Å². The van der Waals surface area contributed by atoms with Crippen LogP contribution in [0.2, 0.25) is 0 Å². The van der Waals surface area contributed by atoms with Crippen LogP contribution >= 0.6 is 36.1 Å². The van der Waals surface area contributed by atoms with E-state index in [1.54, 1.807) is 0 Å². The predicted octanol–water partition coefficient (Wildman–Crippen LogP) is -0.816. The summed E-state index contributed by atoms with van der Waals surface area (Å²) >= 11 is 3.99. The number of phosphoric ester groups is 1. The summed E-state index contributed by atoms with van der Waals surface area (Å²) in [5.74, 6) is -0.0839. The number of amides is 2. The summed E-state index contributed by atoms with van der Waals surface area (Å²) < 4.78 is 52.1. The van der Waals surface area contributed by atoms with Gasteiger partial charge in [-0.3, -0.25) is 28.5 Å². The zero-order valence-electron chi connectivity index (χ0n) is 23.1. The Kier molecular flexibility index (Phi) is 15.1. The zero-order chi connectivity index (χ0) is 33.1. The number of hydrogen-bond donors (Lipinski definition) is 9. The molecule has 44 heavy (non-hydrogen) atoms. The normalized spacial score (nSPS) is 21.4. The molecule has 8 N–H and O–H groups in total. The molecular weight excluding hydrogens is 677 g/mol. The van der Waals surface area contributed by atoms with E-state index in [9.17, 15) is 47.8 Å². The number of carbonyl (C=O) groups excluding carboxylic acids is 2. The maximum atomic E-state index is 12.4. The molecule has 1 aromatic heterocycles. The molecule has 24 heteroatoms. The molecule has 1 aromatic rings. The van der Waals surface area contributed by atoms with Crippen molar-refractivity contribution in [3.8, 4) is 0 Å². The van der Waals surface area contributed by atoms with Crippen LogP contribution in [0.15, 0.2) is 15.8 Å². The molecule has 0 aromatic carbocycles. The van der Waals surface area contributed by atoms with Gasteiger partial charge in [0.15, 0.2) is 0 Å². The van der Waals surface area contributed by atoms with Gasteiger partial charge in [-0.2, -0.15) is 21.3 Å². The van der Waals surface area contributed by atoms with Crippen LogP contribution in [0, 0.1) is 0 Å². The number of hydrogen-bond acceptors (Lipinski definition) is 13. The largest absolute Gasteiger partial charge is 0.490 e. The molecule has 0 radical (unpaired) electrons. The van der Waals surface area contributed by atoms with E-state index in [2.05, 4.69) is 36.4 Å². The van der Waals surface area contributed by atoms with Crippen LogP contribution in [-0.4, -0.2) is 83.7 Å². The van der Waals surface area contributed by atoms with Crippen LogP contribution in [-0.2, 0) is 47.6 Å². The highest BCUT2D eigenvalue weighted by molar-refractivity contribution is 7.80. The van der Waals surface area contributed by atoms with Crippen LogP contribution < -0.4 is 21.9 Å². The van der Waals surface area contributed by atoms with Crippen molar-refractivity contribution in [3.05, 3.63) is 32.6 Å². The van der Waals surface area contributed by atoms with E-state index in [0.717, 1.165) is 30.0 Å². The van der Waals surface area contributed by atoms with Crippen molar-refractivity contribution < 1.29 is 65.8 Å². The molecule has 0 saturated carbocycles. The Morgan fingerprint density at radius 2 is 1.61 bits per heavy atom. The third-order valence-corrected chi connectivity index (χ3v) is 9.84. The van der Waals surface area contributed by atoms with Gasteiger partial charge in [0.2, 0.25) is 11.8 Å². The summed E-state index contributed by atoms with van der Waals surface area (Å²) in [6, 6.07) is 0. The number of ether oxygens (including phenoxy) is 1. The Morgan fingerprint density at radius 3 is 2.20 bits per heavy atom. The monoisotopic (exact) mass is 712 g/mol. The smallest absolute Gasteiger partial charge is 0.390 e. The summed E-state index contributed by atoms with van der Waals surface area (Å²) in [5.41, 5.74) is -1.88. The number of carbonyl (C=O) groups is 2. The minimum Gasteiger partial charge on any atom is -0.390 e. The Hall–Kier alpha value is -1.70. The lowest BCUT2D eigenvalue weighted by Gasteiger charge is -2.19. The molecule has 2 unspecified atom stereocenters. The van der Waals surface area contributed by atoms with Crippen molar-refractivity contribution in [2.75, 3.05) is 25.4 Å². The van der Waals surface area contributed by atoms with Crippen LogP contribution in [0.3, 0.4) is 0 Å². The SMILES string of the molecule is O=C(CCS)NCCCCCCNC(=O)Cc1cn([C@H]2C[C@H](O)[C@@H](COP(=O)(O)OP(=O)(O)OP(=O)(O)O)O2)c(=O)[nH]c1=O. The zero-order valence-corrected chi connectivity index (χ0v) is 26.6. The Labute approximate surface area is 255 Å². The van der Waals surface area contributed by atoms with Crippen molar-refractivity contribution in [2.24, 2.45) is 0 Å². The summed E-state index contributed by atoms with van der Waals surface area (Å²) in [7, 11) is -16.8. The average Bonchev–Trinajstić information content (AvgIpc) is 3.24. The number of aromatic nitrogens is 2. The van der Waals surface area contributed by atoms with E-state index >= 15 is 0 Å². The molecule has 0 bridgehead atoms. The predicted molar refractivity (Wildman–Crippen MR) is 152 cm³/mol. The number of unbranched alkanes of at least 4 members (excludes halogenated alkanes) is 3. The fourth-order valence-corrected chi connectivity index (χ4v) is 7.09. The third kappa shape index (κ3) is 14.2. The second-order valence-electron chi connectivity index (χ2n) is 9.40. The average molecular weight is 713 g/mol. The molecule has 5 atom stereocenters. The minimum absolute atomic E-state index is 0.0602. The fourth-order valence-electron chi connectivity index (χ4n) is 3.86. The van der Waals surface area contributed by atoms with Crippen molar-refractivity contribution in [1.29, 1.82) is 0 Å². The van der Waals surface area contributed by atoms with E-state index in [1.807, 2.05) is 4.98 Å². The van der Waals surface area contributed by atoms with Gasteiger partial charge in [0.05, 0.1) is 19.1 Å². The number of nitrogens with one attached hydrogen (secondary N) is 3. The summed E-state index contributed by atoms with van der Waals surface area (Å²) in [4.78, 5) is 86.4. The first-order valence-corrected chi connectivity index (χ1v) is 18.2. The molecule has 0 spiro atoms. The topological polar surface area (TPSA) is 302 Å². The molecule has 2 heterocycles. The summed E-state index contributed by atoms with van der Waals surface area (Å²) in [5, 5.41) is 15.7. The Bertz CT molecular complexity index is 1400. The molecular formula is C20H35N4O16P3S. The lowest BCUT2D eigenvalue weighted by atomic mass is 10.2. The first-order valence-electron chi connectivity index (χ1n) is 13.0. The van der Waals surface area contributed by atoms with Crippen molar-refractivity contribution >= 4 is 47.9 Å². The molecule has 1 aliphatic heterocycles. The quantitative estimate of drug-likeness (QED) is 0.0481. The van der Waals surface area contributed by atoms with E-state index in [4.69, 9.17) is 14.5 Å².